The number of hydrogen-bond donors (Lipinski definition) is 2. The first kappa shape index (κ1) is 14.0. The first-order chi connectivity index (χ1) is 8.91. The number of anilines is 1. The van der Waals surface area contributed by atoms with E-state index in [0.29, 0.717) is 10.3 Å². The number of aromatic nitrogens is 3. The number of hydrogen-bond acceptors (Lipinski definition) is 5. The molecule has 0 amide bonds. The quantitative estimate of drug-likeness (QED) is 0.858. The first-order valence-electron chi connectivity index (χ1n) is 5.27. The highest BCUT2D eigenvalue weighted by atomic mass is 79.9. The highest BCUT2D eigenvalue weighted by molar-refractivity contribution is 9.10. The minimum Gasteiger partial charge on any atom is -0.383 e. The van der Waals surface area contributed by atoms with Gasteiger partial charge in [-0.1, -0.05) is 0 Å². The summed E-state index contributed by atoms with van der Waals surface area (Å²) in [5.41, 5.74) is 5.63. The van der Waals surface area contributed by atoms with E-state index in [9.17, 15) is 8.42 Å². The third-order valence-corrected chi connectivity index (χ3v) is 4.73. The predicted octanol–water partition coefficient (Wildman–Crippen LogP) is 0.970. The average Bonchev–Trinajstić information content (AvgIpc) is 2.85. The van der Waals surface area contributed by atoms with E-state index in [0.717, 1.165) is 4.31 Å². The Morgan fingerprint density at radius 3 is 2.84 bits per heavy atom. The number of pyridine rings is 1. The lowest BCUT2D eigenvalue weighted by Gasteiger charge is -2.16. The summed E-state index contributed by atoms with van der Waals surface area (Å²) in [6.07, 6.45) is 4.64. The lowest BCUT2D eigenvalue weighted by molar-refractivity contribution is 0.458. The maximum absolute atomic E-state index is 12.4. The van der Waals surface area contributed by atoms with Gasteiger partial charge < -0.3 is 10.7 Å². The second-order valence-electron chi connectivity index (χ2n) is 3.83. The van der Waals surface area contributed by atoms with Crippen molar-refractivity contribution in [1.29, 1.82) is 0 Å². The van der Waals surface area contributed by atoms with Crippen LogP contribution in [-0.2, 0) is 16.6 Å². The number of imidazole rings is 1. The van der Waals surface area contributed by atoms with Crippen molar-refractivity contribution >= 4 is 31.8 Å². The Morgan fingerprint density at radius 2 is 2.21 bits per heavy atom. The molecule has 0 atom stereocenters. The molecule has 19 heavy (non-hydrogen) atoms. The summed E-state index contributed by atoms with van der Waals surface area (Å²) in [6.45, 7) is 0.126. The summed E-state index contributed by atoms with van der Waals surface area (Å²) in [5, 5.41) is 0. The summed E-state index contributed by atoms with van der Waals surface area (Å²) >= 11 is 3.18. The Kier molecular flexibility index (Phi) is 3.88. The molecule has 0 bridgehead atoms. The molecule has 2 aromatic heterocycles. The fourth-order valence-corrected chi connectivity index (χ4v) is 3.19. The van der Waals surface area contributed by atoms with Crippen LogP contribution in [0, 0.1) is 0 Å². The number of aromatic amines is 1. The lowest BCUT2D eigenvalue weighted by atomic mass is 10.5. The molecule has 0 unspecified atom stereocenters. The van der Waals surface area contributed by atoms with Crippen molar-refractivity contribution in [3.8, 4) is 0 Å². The maximum Gasteiger partial charge on any atom is 0.246 e. The molecule has 9 heteroatoms. The lowest BCUT2D eigenvalue weighted by Crippen LogP contribution is -2.28. The fourth-order valence-electron chi connectivity index (χ4n) is 1.49. The third kappa shape index (κ3) is 2.94. The van der Waals surface area contributed by atoms with E-state index >= 15 is 0 Å². The standard InChI is InChI=1S/C10H12BrN5O2S/c1-16(6-9-13-2-3-14-9)19(17,18)8-4-7(11)5-15-10(8)12/h2-5H,6H2,1H3,(H2,12,15)(H,13,14). The molecule has 102 valence electrons. The Labute approximate surface area is 119 Å². The molecule has 0 fully saturated rings. The minimum absolute atomic E-state index is 0.0315. The number of nitrogens with zero attached hydrogens (tertiary/aromatic N) is 3. The van der Waals surface area contributed by atoms with E-state index in [1.54, 1.807) is 12.4 Å². The highest BCUT2D eigenvalue weighted by Crippen LogP contribution is 2.23. The smallest absolute Gasteiger partial charge is 0.246 e. The van der Waals surface area contributed by atoms with Gasteiger partial charge in [-0.05, 0) is 22.0 Å². The maximum atomic E-state index is 12.4. The van der Waals surface area contributed by atoms with Crippen LogP contribution in [0.2, 0.25) is 0 Å². The van der Waals surface area contributed by atoms with Crippen LogP contribution >= 0.6 is 15.9 Å². The highest BCUT2D eigenvalue weighted by Gasteiger charge is 2.25. The zero-order valence-corrected chi connectivity index (χ0v) is 12.4. The van der Waals surface area contributed by atoms with E-state index in [1.165, 1.54) is 19.3 Å². The summed E-state index contributed by atoms with van der Waals surface area (Å²) in [6, 6.07) is 1.43. The predicted molar refractivity (Wildman–Crippen MR) is 73.6 cm³/mol. The van der Waals surface area contributed by atoms with E-state index < -0.39 is 10.0 Å². The van der Waals surface area contributed by atoms with Gasteiger partial charge in [-0.25, -0.2) is 18.4 Å². The molecule has 2 aromatic rings. The topological polar surface area (TPSA) is 105 Å². The van der Waals surface area contributed by atoms with Crippen LogP contribution in [0.15, 0.2) is 34.0 Å². The molecule has 0 aliphatic rings. The van der Waals surface area contributed by atoms with Crippen molar-refractivity contribution in [2.24, 2.45) is 0 Å². The van der Waals surface area contributed by atoms with Crippen LogP contribution in [0.25, 0.3) is 0 Å². The van der Waals surface area contributed by atoms with Crippen LogP contribution in [0.1, 0.15) is 5.82 Å². The molecule has 0 spiro atoms. The van der Waals surface area contributed by atoms with Gasteiger partial charge in [-0.15, -0.1) is 0 Å². The van der Waals surface area contributed by atoms with Gasteiger partial charge >= 0.3 is 0 Å². The van der Waals surface area contributed by atoms with Gasteiger partial charge in [0.05, 0.1) is 6.54 Å². The monoisotopic (exact) mass is 345 g/mol. The van der Waals surface area contributed by atoms with Crippen molar-refractivity contribution < 1.29 is 8.42 Å². The van der Waals surface area contributed by atoms with Crippen LogP contribution in [0.3, 0.4) is 0 Å². The van der Waals surface area contributed by atoms with Crippen LogP contribution in [0.5, 0.6) is 0 Å². The molecular formula is C10H12BrN5O2S. The van der Waals surface area contributed by atoms with E-state index in [-0.39, 0.29) is 17.3 Å². The van der Waals surface area contributed by atoms with Gasteiger partial charge in [0.1, 0.15) is 16.5 Å². The summed E-state index contributed by atoms with van der Waals surface area (Å²) in [7, 11) is -2.26. The van der Waals surface area contributed by atoms with Gasteiger partial charge in [0.2, 0.25) is 10.0 Å². The number of sulfonamides is 1. The molecule has 0 saturated carbocycles. The zero-order chi connectivity index (χ0) is 14.0. The fraction of sp³-hybridized carbons (Fsp3) is 0.200. The molecule has 7 nitrogen and oxygen atoms in total. The molecule has 2 rings (SSSR count). The first-order valence-corrected chi connectivity index (χ1v) is 7.50. The molecule has 0 aliphatic heterocycles. The molecule has 0 radical (unpaired) electrons. The summed E-state index contributed by atoms with van der Waals surface area (Å²) < 4.78 is 26.5. The Bertz CT molecular complexity index is 671. The van der Waals surface area contributed by atoms with Crippen LogP contribution in [-0.4, -0.2) is 34.7 Å². The van der Waals surface area contributed by atoms with Crippen molar-refractivity contribution in [2.45, 2.75) is 11.4 Å². The number of H-pyrrole nitrogens is 1. The number of rotatable bonds is 4. The van der Waals surface area contributed by atoms with Crippen molar-refractivity contribution in [3.05, 3.63) is 35.0 Å². The number of nitrogens with two attached hydrogens (primary N) is 1. The molecular weight excluding hydrogens is 334 g/mol. The molecule has 3 N–H and O–H groups in total. The summed E-state index contributed by atoms with van der Waals surface area (Å²) in [4.78, 5) is 10.6. The Morgan fingerprint density at radius 1 is 1.47 bits per heavy atom. The van der Waals surface area contributed by atoms with E-state index in [4.69, 9.17) is 5.73 Å². The largest absolute Gasteiger partial charge is 0.383 e. The normalized spacial score (nSPS) is 11.9. The third-order valence-electron chi connectivity index (χ3n) is 2.46. The average molecular weight is 346 g/mol. The zero-order valence-electron chi connectivity index (χ0n) is 10.0. The van der Waals surface area contributed by atoms with E-state index in [2.05, 4.69) is 30.9 Å². The van der Waals surface area contributed by atoms with Crippen LogP contribution < -0.4 is 5.73 Å². The number of nitrogens with one attached hydrogen (secondary N) is 1. The molecule has 0 aliphatic carbocycles. The van der Waals surface area contributed by atoms with Crippen molar-refractivity contribution in [3.63, 3.8) is 0 Å². The van der Waals surface area contributed by atoms with E-state index in [1.807, 2.05) is 0 Å². The Hall–Kier alpha value is -1.45. The Balaban J connectivity index is 2.33. The van der Waals surface area contributed by atoms with Crippen molar-refractivity contribution in [1.82, 2.24) is 19.3 Å². The van der Waals surface area contributed by atoms with Gasteiger partial charge in [0.15, 0.2) is 0 Å². The number of halogens is 1. The van der Waals surface area contributed by atoms with Gasteiger partial charge in [0, 0.05) is 30.1 Å². The van der Waals surface area contributed by atoms with Gasteiger partial charge in [0.25, 0.3) is 0 Å². The minimum atomic E-state index is -3.71. The van der Waals surface area contributed by atoms with Crippen molar-refractivity contribution in [2.75, 3.05) is 12.8 Å². The molecule has 0 aromatic carbocycles. The van der Waals surface area contributed by atoms with Crippen LogP contribution in [0.4, 0.5) is 5.82 Å². The van der Waals surface area contributed by atoms with Gasteiger partial charge in [-0.2, -0.15) is 4.31 Å². The molecule has 2 heterocycles. The molecule has 0 saturated heterocycles. The van der Waals surface area contributed by atoms with Gasteiger partial charge in [-0.3, -0.25) is 0 Å². The second-order valence-corrected chi connectivity index (χ2v) is 6.76. The number of nitrogen functional groups attached to an aromatic ring is 1. The second kappa shape index (κ2) is 5.27. The SMILES string of the molecule is CN(Cc1ncc[nH]1)S(=O)(=O)c1cc(Br)cnc1N. The summed E-state index contributed by atoms with van der Waals surface area (Å²) in [5.74, 6) is 0.516.